The van der Waals surface area contributed by atoms with Gasteiger partial charge in [-0.1, -0.05) is 40.9 Å². The van der Waals surface area contributed by atoms with E-state index in [1.165, 1.54) is 37.3 Å². The first-order valence-electron chi connectivity index (χ1n) is 8.29. The van der Waals surface area contributed by atoms with Gasteiger partial charge in [0.2, 0.25) is 0 Å². The summed E-state index contributed by atoms with van der Waals surface area (Å²) in [7, 11) is 0. The molecule has 5 nitrogen and oxygen atoms in total. The molecule has 0 aliphatic carbocycles. The van der Waals surface area contributed by atoms with Crippen LogP contribution in [0.3, 0.4) is 0 Å². The third kappa shape index (κ3) is 4.77. The predicted octanol–water partition coefficient (Wildman–Crippen LogP) is 6.01. The number of aromatic nitrogens is 2. The van der Waals surface area contributed by atoms with Crippen LogP contribution in [-0.2, 0) is 6.18 Å². The highest BCUT2D eigenvalue weighted by Gasteiger charge is 2.40. The second-order valence-electron chi connectivity index (χ2n) is 6.06. The fraction of sp³-hybridized carbons (Fsp3) is 0.105. The molecule has 0 radical (unpaired) electrons. The van der Waals surface area contributed by atoms with Crippen LogP contribution in [-0.4, -0.2) is 21.4 Å². The second-order valence-corrected chi connectivity index (χ2v) is 7.34. The molecule has 2 aromatic carbocycles. The molecule has 0 unspecified atom stereocenters. The van der Waals surface area contributed by atoms with Crippen LogP contribution < -0.4 is 5.43 Å². The van der Waals surface area contributed by atoms with Crippen LogP contribution >= 0.6 is 34.8 Å². The van der Waals surface area contributed by atoms with Gasteiger partial charge in [-0.05, 0) is 43.3 Å². The third-order valence-electron chi connectivity index (χ3n) is 4.00. The van der Waals surface area contributed by atoms with Gasteiger partial charge in [0.15, 0.2) is 5.69 Å². The summed E-state index contributed by atoms with van der Waals surface area (Å²) in [6.07, 6.45) is -4.02. The largest absolute Gasteiger partial charge is 0.434 e. The highest BCUT2D eigenvalue weighted by molar-refractivity contribution is 6.37. The molecule has 3 rings (SSSR count). The van der Waals surface area contributed by atoms with E-state index in [1.807, 2.05) is 0 Å². The standard InChI is InChI=1S/C19H12Cl3F3N4O/c1-10(14-7-4-12(21)8-16(14)22)27-28-18(30)15-9-26-29(17(15)19(23,24)25)13-5-2-11(20)3-6-13/h2-9H,1H3,(H,28,30). The van der Waals surface area contributed by atoms with Crippen molar-refractivity contribution in [2.75, 3.05) is 0 Å². The van der Waals surface area contributed by atoms with E-state index in [1.54, 1.807) is 12.1 Å². The summed E-state index contributed by atoms with van der Waals surface area (Å²) in [6.45, 7) is 1.54. The van der Waals surface area contributed by atoms with E-state index in [0.29, 0.717) is 20.3 Å². The van der Waals surface area contributed by atoms with Gasteiger partial charge >= 0.3 is 6.18 Å². The summed E-state index contributed by atoms with van der Waals surface area (Å²) in [5, 5.41) is 8.61. The van der Waals surface area contributed by atoms with Crippen molar-refractivity contribution in [1.82, 2.24) is 15.2 Å². The molecule has 156 valence electrons. The van der Waals surface area contributed by atoms with Crippen molar-refractivity contribution in [2.45, 2.75) is 13.1 Å². The van der Waals surface area contributed by atoms with Crippen LogP contribution in [0.15, 0.2) is 53.8 Å². The van der Waals surface area contributed by atoms with Crippen molar-refractivity contribution in [3.8, 4) is 5.69 Å². The van der Waals surface area contributed by atoms with E-state index in [0.717, 1.165) is 6.20 Å². The molecule has 1 amide bonds. The number of rotatable bonds is 4. The summed E-state index contributed by atoms with van der Waals surface area (Å²) < 4.78 is 41.7. The molecule has 1 aromatic heterocycles. The van der Waals surface area contributed by atoms with Crippen LogP contribution in [0, 0.1) is 0 Å². The van der Waals surface area contributed by atoms with Crippen LogP contribution in [0.5, 0.6) is 0 Å². The summed E-state index contributed by atoms with van der Waals surface area (Å²) in [6, 6.07) is 10.2. The first-order chi connectivity index (χ1) is 14.1. The van der Waals surface area contributed by atoms with Gasteiger partial charge in [0.25, 0.3) is 5.91 Å². The Balaban J connectivity index is 1.93. The van der Waals surface area contributed by atoms with Gasteiger partial charge in [0, 0.05) is 15.6 Å². The van der Waals surface area contributed by atoms with E-state index in [4.69, 9.17) is 34.8 Å². The zero-order chi connectivity index (χ0) is 22.1. The maximum atomic E-state index is 13.7. The van der Waals surface area contributed by atoms with E-state index >= 15 is 0 Å². The van der Waals surface area contributed by atoms with Crippen LogP contribution in [0.25, 0.3) is 5.69 Å². The van der Waals surface area contributed by atoms with E-state index in [9.17, 15) is 18.0 Å². The van der Waals surface area contributed by atoms with Crippen molar-refractivity contribution in [3.05, 3.63) is 80.6 Å². The fourth-order valence-corrected chi connectivity index (χ4v) is 3.27. The number of carbonyl (C=O) groups is 1. The van der Waals surface area contributed by atoms with E-state index < -0.39 is 23.3 Å². The number of amides is 1. The Bertz CT molecular complexity index is 1130. The highest BCUT2D eigenvalue weighted by Crippen LogP contribution is 2.34. The summed E-state index contributed by atoms with van der Waals surface area (Å²) in [5.74, 6) is -1.08. The smallest absolute Gasteiger partial charge is 0.267 e. The number of halogens is 6. The maximum Gasteiger partial charge on any atom is 0.434 e. The average Bonchev–Trinajstić information content (AvgIpc) is 3.12. The number of hydrazone groups is 1. The van der Waals surface area contributed by atoms with Crippen molar-refractivity contribution in [3.63, 3.8) is 0 Å². The average molecular weight is 476 g/mol. The molecular weight excluding hydrogens is 464 g/mol. The molecule has 0 fully saturated rings. The maximum absolute atomic E-state index is 13.7. The predicted molar refractivity (Wildman–Crippen MR) is 110 cm³/mol. The minimum absolute atomic E-state index is 0.0957. The monoisotopic (exact) mass is 474 g/mol. The molecule has 0 aliphatic heterocycles. The number of nitrogens with one attached hydrogen (secondary N) is 1. The molecule has 1 heterocycles. The normalized spacial score (nSPS) is 12.2. The Kier molecular flexibility index (Phi) is 6.40. The summed E-state index contributed by atoms with van der Waals surface area (Å²) >= 11 is 17.7. The Labute approximate surface area is 184 Å². The van der Waals surface area contributed by atoms with E-state index in [2.05, 4.69) is 15.6 Å². The number of nitrogens with zero attached hydrogens (tertiary/aromatic N) is 3. The minimum atomic E-state index is -4.85. The Hall–Kier alpha value is -2.55. The molecule has 30 heavy (non-hydrogen) atoms. The van der Waals surface area contributed by atoms with Gasteiger partial charge in [0.05, 0.1) is 28.2 Å². The van der Waals surface area contributed by atoms with Crippen LogP contribution in [0.1, 0.15) is 28.5 Å². The van der Waals surface area contributed by atoms with Crippen LogP contribution in [0.2, 0.25) is 15.1 Å². The van der Waals surface area contributed by atoms with Crippen molar-refractivity contribution < 1.29 is 18.0 Å². The van der Waals surface area contributed by atoms with Gasteiger partial charge in [-0.3, -0.25) is 4.79 Å². The zero-order valence-corrected chi connectivity index (χ0v) is 17.4. The van der Waals surface area contributed by atoms with Gasteiger partial charge in [-0.2, -0.15) is 23.4 Å². The molecule has 0 aliphatic rings. The zero-order valence-electron chi connectivity index (χ0n) is 15.1. The third-order valence-corrected chi connectivity index (χ3v) is 4.80. The van der Waals surface area contributed by atoms with Crippen molar-refractivity contribution in [2.24, 2.45) is 5.10 Å². The lowest BCUT2D eigenvalue weighted by atomic mass is 10.1. The molecule has 0 saturated heterocycles. The lowest BCUT2D eigenvalue weighted by Gasteiger charge is -2.12. The van der Waals surface area contributed by atoms with Gasteiger partial charge in [-0.25, -0.2) is 10.1 Å². The van der Waals surface area contributed by atoms with Gasteiger partial charge in [-0.15, -0.1) is 0 Å². The molecular formula is C19H12Cl3F3N4O. The topological polar surface area (TPSA) is 59.3 Å². The molecule has 11 heteroatoms. The SMILES string of the molecule is CC(=NNC(=O)c1cnn(-c2ccc(Cl)cc2)c1C(F)(F)F)c1ccc(Cl)cc1Cl. The molecule has 3 aromatic rings. The van der Waals surface area contributed by atoms with E-state index in [-0.39, 0.29) is 16.4 Å². The Morgan fingerprint density at radius 1 is 1.03 bits per heavy atom. The minimum Gasteiger partial charge on any atom is -0.267 e. The quantitative estimate of drug-likeness (QED) is 0.371. The Morgan fingerprint density at radius 3 is 2.27 bits per heavy atom. The van der Waals surface area contributed by atoms with Crippen LogP contribution in [0.4, 0.5) is 13.2 Å². The summed E-state index contributed by atoms with van der Waals surface area (Å²) in [4.78, 5) is 12.4. The van der Waals surface area contributed by atoms with Gasteiger partial charge in [0.1, 0.15) is 0 Å². The highest BCUT2D eigenvalue weighted by atomic mass is 35.5. The number of carbonyl (C=O) groups excluding carboxylic acids is 1. The van der Waals surface area contributed by atoms with Crippen molar-refractivity contribution in [1.29, 1.82) is 0 Å². The number of hydrogen-bond acceptors (Lipinski definition) is 3. The lowest BCUT2D eigenvalue weighted by molar-refractivity contribution is -0.143. The first-order valence-corrected chi connectivity index (χ1v) is 9.42. The summed E-state index contributed by atoms with van der Waals surface area (Å²) in [5.41, 5.74) is 1.03. The fourth-order valence-electron chi connectivity index (χ4n) is 2.60. The molecule has 0 saturated carbocycles. The molecule has 0 bridgehead atoms. The molecule has 1 N–H and O–H groups in total. The Morgan fingerprint density at radius 2 is 1.67 bits per heavy atom. The van der Waals surface area contributed by atoms with Crippen molar-refractivity contribution >= 4 is 46.4 Å². The van der Waals surface area contributed by atoms with Gasteiger partial charge < -0.3 is 0 Å². The molecule has 0 spiro atoms. The second kappa shape index (κ2) is 8.67. The lowest BCUT2D eigenvalue weighted by Crippen LogP contribution is -2.24. The number of alkyl halides is 3. The number of benzene rings is 2. The number of hydrogen-bond donors (Lipinski definition) is 1. The molecule has 0 atom stereocenters. The first kappa shape index (κ1) is 22.1.